The van der Waals surface area contributed by atoms with Gasteiger partial charge in [-0.1, -0.05) is 0 Å². The minimum Gasteiger partial charge on any atom is -0.480 e. The number of ether oxygens (including phenoxy) is 2. The molecule has 20 heavy (non-hydrogen) atoms. The Morgan fingerprint density at radius 2 is 2.10 bits per heavy atom. The van der Waals surface area contributed by atoms with Crippen LogP contribution in [0.25, 0.3) is 0 Å². The summed E-state index contributed by atoms with van der Waals surface area (Å²) in [6.45, 7) is -0.0884. The number of aliphatic carboxylic acids is 1. The molecular weight excluding hydrogens is 268 g/mol. The minimum atomic E-state index is -1.16. The largest absolute Gasteiger partial charge is 0.480 e. The fourth-order valence-corrected chi connectivity index (χ4v) is 2.64. The van der Waals surface area contributed by atoms with E-state index in [1.807, 2.05) is 0 Å². The van der Waals surface area contributed by atoms with Gasteiger partial charge in [-0.2, -0.15) is 0 Å². The number of carbonyl (C=O) groups excluding carboxylic acids is 2. The van der Waals surface area contributed by atoms with Crippen molar-refractivity contribution in [2.45, 2.75) is 31.4 Å². The van der Waals surface area contributed by atoms with Gasteiger partial charge in [0.05, 0.1) is 18.8 Å². The lowest BCUT2D eigenvalue weighted by atomic mass is 10.1. The lowest BCUT2D eigenvalue weighted by Gasteiger charge is -2.37. The van der Waals surface area contributed by atoms with Crippen LogP contribution in [0.4, 0.5) is 4.79 Å². The number of nitrogens with zero attached hydrogens (tertiary/aromatic N) is 1. The molecule has 1 saturated heterocycles. The molecule has 0 aromatic heterocycles. The van der Waals surface area contributed by atoms with E-state index in [2.05, 4.69) is 10.1 Å². The maximum atomic E-state index is 12.0. The number of carbonyl (C=O) groups is 3. The molecule has 0 aromatic rings. The zero-order valence-corrected chi connectivity index (χ0v) is 11.0. The van der Waals surface area contributed by atoms with E-state index in [1.165, 1.54) is 0 Å². The van der Waals surface area contributed by atoms with E-state index < -0.39 is 31.1 Å². The van der Waals surface area contributed by atoms with Crippen LogP contribution >= 0.6 is 0 Å². The monoisotopic (exact) mass is 286 g/mol. The van der Waals surface area contributed by atoms with E-state index in [1.54, 1.807) is 4.90 Å². The van der Waals surface area contributed by atoms with Crippen LogP contribution in [-0.2, 0) is 19.1 Å². The van der Waals surface area contributed by atoms with Crippen LogP contribution in [0.1, 0.15) is 19.3 Å². The van der Waals surface area contributed by atoms with Gasteiger partial charge in [-0.25, -0.2) is 9.59 Å². The number of hydrogen-bond acceptors (Lipinski definition) is 5. The SMILES string of the molecule is O=C(O)COCC(=O)NC(=O)N1CCOC2CCCC21. The second-order valence-electron chi connectivity index (χ2n) is 4.84. The van der Waals surface area contributed by atoms with Crippen molar-refractivity contribution in [1.82, 2.24) is 10.2 Å². The van der Waals surface area contributed by atoms with Gasteiger partial charge in [0, 0.05) is 6.54 Å². The number of fused-ring (bicyclic) bond motifs is 1. The first-order valence-corrected chi connectivity index (χ1v) is 6.59. The Balaban J connectivity index is 1.78. The van der Waals surface area contributed by atoms with E-state index >= 15 is 0 Å². The smallest absolute Gasteiger partial charge is 0.329 e. The molecule has 0 aromatic carbocycles. The summed E-state index contributed by atoms with van der Waals surface area (Å²) < 4.78 is 10.2. The summed E-state index contributed by atoms with van der Waals surface area (Å²) in [6, 6.07) is -0.439. The first-order chi connectivity index (χ1) is 9.58. The highest BCUT2D eigenvalue weighted by atomic mass is 16.5. The molecule has 1 heterocycles. The minimum absolute atomic E-state index is 0.0245. The average molecular weight is 286 g/mol. The molecule has 112 valence electrons. The summed E-state index contributed by atoms with van der Waals surface area (Å²) in [5.41, 5.74) is 0. The van der Waals surface area contributed by atoms with Gasteiger partial charge in [0.2, 0.25) is 0 Å². The van der Waals surface area contributed by atoms with Crippen LogP contribution in [0.15, 0.2) is 0 Å². The van der Waals surface area contributed by atoms with Gasteiger partial charge in [-0.15, -0.1) is 0 Å². The predicted molar refractivity (Wildman–Crippen MR) is 66.1 cm³/mol. The molecule has 1 aliphatic carbocycles. The van der Waals surface area contributed by atoms with Crippen molar-refractivity contribution in [2.75, 3.05) is 26.4 Å². The van der Waals surface area contributed by atoms with Crippen molar-refractivity contribution in [3.05, 3.63) is 0 Å². The van der Waals surface area contributed by atoms with Crippen molar-refractivity contribution in [2.24, 2.45) is 0 Å². The third-order valence-corrected chi connectivity index (χ3v) is 3.45. The van der Waals surface area contributed by atoms with Crippen molar-refractivity contribution in [3.8, 4) is 0 Å². The maximum Gasteiger partial charge on any atom is 0.329 e. The predicted octanol–water partition coefficient (Wildman–Crippen LogP) is -0.423. The first kappa shape index (κ1) is 14.7. The Kier molecular flexibility index (Phi) is 4.91. The van der Waals surface area contributed by atoms with E-state index in [0.29, 0.717) is 13.2 Å². The first-order valence-electron chi connectivity index (χ1n) is 6.59. The average Bonchev–Trinajstić information content (AvgIpc) is 2.85. The van der Waals surface area contributed by atoms with Gasteiger partial charge in [0.1, 0.15) is 13.2 Å². The van der Waals surface area contributed by atoms with Gasteiger partial charge >= 0.3 is 12.0 Å². The fourth-order valence-electron chi connectivity index (χ4n) is 2.64. The highest BCUT2D eigenvalue weighted by Gasteiger charge is 2.38. The Labute approximate surface area is 116 Å². The topological polar surface area (TPSA) is 105 Å². The highest BCUT2D eigenvalue weighted by molar-refractivity contribution is 5.95. The lowest BCUT2D eigenvalue weighted by Crippen LogP contribution is -2.55. The van der Waals surface area contributed by atoms with Crippen LogP contribution in [0, 0.1) is 0 Å². The number of carboxylic acid groups (broad SMARTS) is 1. The standard InChI is InChI=1S/C12H18N2O6/c15-10(6-19-7-11(16)17)13-12(18)14-4-5-20-9-3-1-2-8(9)14/h8-9H,1-7H2,(H,16,17)(H,13,15,18). The molecule has 0 spiro atoms. The Hall–Kier alpha value is -1.67. The van der Waals surface area contributed by atoms with Gasteiger partial charge in [-0.3, -0.25) is 10.1 Å². The van der Waals surface area contributed by atoms with Crippen LogP contribution < -0.4 is 5.32 Å². The van der Waals surface area contributed by atoms with Crippen LogP contribution in [0.2, 0.25) is 0 Å². The van der Waals surface area contributed by atoms with Crippen molar-refractivity contribution in [1.29, 1.82) is 0 Å². The van der Waals surface area contributed by atoms with Crippen LogP contribution in [-0.4, -0.2) is 66.4 Å². The second kappa shape index (κ2) is 6.67. The molecule has 1 aliphatic heterocycles. The van der Waals surface area contributed by atoms with Crippen LogP contribution in [0.3, 0.4) is 0 Å². The van der Waals surface area contributed by atoms with Crippen LogP contribution in [0.5, 0.6) is 0 Å². The maximum absolute atomic E-state index is 12.0. The van der Waals surface area contributed by atoms with Gasteiger partial charge in [0.25, 0.3) is 5.91 Å². The molecule has 2 N–H and O–H groups in total. The molecule has 1 saturated carbocycles. The van der Waals surface area contributed by atoms with E-state index in [0.717, 1.165) is 19.3 Å². The zero-order valence-electron chi connectivity index (χ0n) is 11.0. The summed E-state index contributed by atoms with van der Waals surface area (Å²) in [4.78, 5) is 35.3. The Morgan fingerprint density at radius 1 is 1.30 bits per heavy atom. The molecule has 0 bridgehead atoms. The molecule has 3 amide bonds. The number of morpholine rings is 1. The summed E-state index contributed by atoms with van der Waals surface area (Å²) in [6.07, 6.45) is 2.88. The highest BCUT2D eigenvalue weighted by Crippen LogP contribution is 2.29. The number of imide groups is 1. The van der Waals surface area contributed by atoms with Crippen molar-refractivity contribution < 1.29 is 29.0 Å². The summed E-state index contributed by atoms with van der Waals surface area (Å²) in [7, 11) is 0. The molecule has 0 radical (unpaired) electrons. The molecule has 8 heteroatoms. The van der Waals surface area contributed by atoms with Gasteiger partial charge in [0.15, 0.2) is 0 Å². The molecule has 2 fully saturated rings. The number of urea groups is 1. The van der Waals surface area contributed by atoms with E-state index in [4.69, 9.17) is 9.84 Å². The zero-order chi connectivity index (χ0) is 14.5. The number of carboxylic acids is 1. The quantitative estimate of drug-likeness (QED) is 0.727. The summed E-state index contributed by atoms with van der Waals surface area (Å²) >= 11 is 0. The summed E-state index contributed by atoms with van der Waals surface area (Å²) in [5.74, 6) is -1.80. The summed E-state index contributed by atoms with van der Waals surface area (Å²) in [5, 5.41) is 10.6. The van der Waals surface area contributed by atoms with Gasteiger partial charge < -0.3 is 19.5 Å². The van der Waals surface area contributed by atoms with E-state index in [-0.39, 0.29) is 12.1 Å². The third kappa shape index (κ3) is 3.67. The molecule has 2 aliphatic rings. The molecule has 8 nitrogen and oxygen atoms in total. The number of nitrogens with one attached hydrogen (secondary N) is 1. The number of hydrogen-bond donors (Lipinski definition) is 2. The molecule has 2 rings (SSSR count). The van der Waals surface area contributed by atoms with Crippen molar-refractivity contribution >= 4 is 17.9 Å². The molecule has 2 atom stereocenters. The molecular formula is C12H18N2O6. The fraction of sp³-hybridized carbons (Fsp3) is 0.750. The Morgan fingerprint density at radius 3 is 2.85 bits per heavy atom. The number of amides is 3. The molecule has 2 unspecified atom stereocenters. The second-order valence-corrected chi connectivity index (χ2v) is 4.84. The van der Waals surface area contributed by atoms with Gasteiger partial charge in [-0.05, 0) is 19.3 Å². The number of rotatable bonds is 4. The third-order valence-electron chi connectivity index (χ3n) is 3.45. The lowest BCUT2D eigenvalue weighted by molar-refractivity contribution is -0.143. The van der Waals surface area contributed by atoms with E-state index in [9.17, 15) is 14.4 Å². The van der Waals surface area contributed by atoms with Crippen molar-refractivity contribution in [3.63, 3.8) is 0 Å². The normalized spacial score (nSPS) is 25.1. The Bertz CT molecular complexity index is 399.